The Morgan fingerprint density at radius 2 is 2.25 bits per heavy atom. The van der Waals surface area contributed by atoms with Crippen molar-refractivity contribution in [1.29, 1.82) is 0 Å². The van der Waals surface area contributed by atoms with Crippen LogP contribution >= 0.6 is 0 Å². The Labute approximate surface area is 97.8 Å². The average molecular weight is 222 g/mol. The highest BCUT2D eigenvalue weighted by Gasteiger charge is 2.26. The van der Waals surface area contributed by atoms with Crippen LogP contribution in [0.3, 0.4) is 0 Å². The Morgan fingerprint density at radius 3 is 2.88 bits per heavy atom. The zero-order valence-electron chi connectivity index (χ0n) is 10.4. The van der Waals surface area contributed by atoms with Crippen molar-refractivity contribution in [1.82, 2.24) is 10.2 Å². The Morgan fingerprint density at radius 1 is 1.44 bits per heavy atom. The molecular formula is C13H22N2O. The third kappa shape index (κ3) is 2.47. The molecule has 2 unspecified atom stereocenters. The van der Waals surface area contributed by atoms with Gasteiger partial charge in [-0.1, -0.05) is 13.8 Å². The fraction of sp³-hybridized carbons (Fsp3) is 0.692. The molecule has 1 aliphatic rings. The summed E-state index contributed by atoms with van der Waals surface area (Å²) in [4.78, 5) is 2.50. The van der Waals surface area contributed by atoms with E-state index in [1.54, 1.807) is 6.26 Å². The maximum absolute atomic E-state index is 5.48. The lowest BCUT2D eigenvalue weighted by atomic mass is 10.0. The smallest absolute Gasteiger partial charge is 0.120 e. The molecule has 1 fully saturated rings. The van der Waals surface area contributed by atoms with Crippen LogP contribution in [0.15, 0.2) is 22.8 Å². The molecule has 1 saturated heterocycles. The highest BCUT2D eigenvalue weighted by molar-refractivity contribution is 5.04. The third-order valence-electron chi connectivity index (χ3n) is 3.54. The number of piperazine rings is 1. The van der Waals surface area contributed by atoms with Crippen molar-refractivity contribution >= 4 is 0 Å². The second-order valence-corrected chi connectivity index (χ2v) is 4.99. The van der Waals surface area contributed by atoms with E-state index in [9.17, 15) is 0 Å². The molecule has 90 valence electrons. The third-order valence-corrected chi connectivity index (χ3v) is 3.54. The molecule has 3 nitrogen and oxygen atoms in total. The molecule has 1 N–H and O–H groups in total. The summed E-state index contributed by atoms with van der Waals surface area (Å²) in [5.74, 6) is 1.76. The molecule has 2 atom stereocenters. The van der Waals surface area contributed by atoms with E-state index in [2.05, 4.69) is 37.1 Å². The topological polar surface area (TPSA) is 28.4 Å². The second kappa shape index (κ2) is 5.02. The SMILES string of the molecule is CC(C)C1CN(C(C)c2ccco2)CCN1. The number of nitrogens with zero attached hydrogens (tertiary/aromatic N) is 1. The molecular weight excluding hydrogens is 200 g/mol. The zero-order valence-corrected chi connectivity index (χ0v) is 10.4. The van der Waals surface area contributed by atoms with Gasteiger partial charge in [-0.05, 0) is 25.0 Å². The highest BCUT2D eigenvalue weighted by atomic mass is 16.3. The number of furan rings is 1. The number of hydrogen-bond donors (Lipinski definition) is 1. The van der Waals surface area contributed by atoms with Crippen LogP contribution in [-0.2, 0) is 0 Å². The van der Waals surface area contributed by atoms with Crippen LogP contribution in [0.25, 0.3) is 0 Å². The number of hydrogen-bond acceptors (Lipinski definition) is 3. The van der Waals surface area contributed by atoms with Crippen molar-refractivity contribution in [2.45, 2.75) is 32.9 Å². The van der Waals surface area contributed by atoms with Gasteiger partial charge in [-0.2, -0.15) is 0 Å². The monoisotopic (exact) mass is 222 g/mol. The van der Waals surface area contributed by atoms with Crippen LogP contribution in [0.1, 0.15) is 32.6 Å². The lowest BCUT2D eigenvalue weighted by Gasteiger charge is -2.38. The normalized spacial score (nSPS) is 24.9. The standard InChI is InChI=1S/C13H22N2O/c1-10(2)12-9-15(7-6-14-12)11(3)13-5-4-8-16-13/h4-5,8,10-12,14H,6-7,9H2,1-3H3. The van der Waals surface area contributed by atoms with Crippen LogP contribution in [0.5, 0.6) is 0 Å². The van der Waals surface area contributed by atoms with E-state index < -0.39 is 0 Å². The van der Waals surface area contributed by atoms with E-state index in [1.807, 2.05) is 6.07 Å². The summed E-state index contributed by atoms with van der Waals surface area (Å²) < 4.78 is 5.48. The average Bonchev–Trinajstić information content (AvgIpc) is 2.81. The van der Waals surface area contributed by atoms with Gasteiger partial charge in [0, 0.05) is 25.7 Å². The summed E-state index contributed by atoms with van der Waals surface area (Å²) in [6.45, 7) is 10.1. The summed E-state index contributed by atoms with van der Waals surface area (Å²) in [7, 11) is 0. The van der Waals surface area contributed by atoms with Crippen molar-refractivity contribution in [3.63, 3.8) is 0 Å². The predicted octanol–water partition coefficient (Wildman–Crippen LogP) is 2.27. The van der Waals surface area contributed by atoms with Gasteiger partial charge < -0.3 is 9.73 Å². The van der Waals surface area contributed by atoms with Crippen LogP contribution in [-0.4, -0.2) is 30.6 Å². The maximum Gasteiger partial charge on any atom is 0.120 e. The highest BCUT2D eigenvalue weighted by Crippen LogP contribution is 2.22. The lowest BCUT2D eigenvalue weighted by molar-refractivity contribution is 0.122. The molecule has 0 spiro atoms. The van der Waals surface area contributed by atoms with Gasteiger partial charge in [0.05, 0.1) is 12.3 Å². The first kappa shape index (κ1) is 11.7. The fourth-order valence-electron chi connectivity index (χ4n) is 2.31. The summed E-state index contributed by atoms with van der Waals surface area (Å²) in [5, 5.41) is 3.58. The van der Waals surface area contributed by atoms with Gasteiger partial charge in [0.25, 0.3) is 0 Å². The zero-order chi connectivity index (χ0) is 11.5. The van der Waals surface area contributed by atoms with Crippen molar-refractivity contribution in [2.24, 2.45) is 5.92 Å². The minimum atomic E-state index is 0.387. The van der Waals surface area contributed by atoms with Gasteiger partial charge in [-0.25, -0.2) is 0 Å². The summed E-state index contributed by atoms with van der Waals surface area (Å²) >= 11 is 0. The first-order valence-electron chi connectivity index (χ1n) is 6.19. The van der Waals surface area contributed by atoms with E-state index in [1.165, 1.54) is 0 Å². The molecule has 1 aliphatic heterocycles. The Balaban J connectivity index is 1.99. The van der Waals surface area contributed by atoms with E-state index in [-0.39, 0.29) is 0 Å². The van der Waals surface area contributed by atoms with E-state index in [0.717, 1.165) is 25.4 Å². The molecule has 0 aliphatic carbocycles. The Hall–Kier alpha value is -0.800. The van der Waals surface area contributed by atoms with Gasteiger partial charge in [0.2, 0.25) is 0 Å². The molecule has 16 heavy (non-hydrogen) atoms. The molecule has 0 bridgehead atoms. The molecule has 2 heterocycles. The molecule has 3 heteroatoms. The van der Waals surface area contributed by atoms with E-state index in [0.29, 0.717) is 18.0 Å². The van der Waals surface area contributed by atoms with E-state index in [4.69, 9.17) is 4.42 Å². The molecule has 0 amide bonds. The Kier molecular flexibility index (Phi) is 3.66. The molecule has 1 aromatic heterocycles. The van der Waals surface area contributed by atoms with Gasteiger partial charge in [-0.3, -0.25) is 4.90 Å². The molecule has 0 radical (unpaired) electrons. The van der Waals surface area contributed by atoms with Gasteiger partial charge >= 0.3 is 0 Å². The second-order valence-electron chi connectivity index (χ2n) is 4.99. The summed E-state index contributed by atoms with van der Waals surface area (Å²) in [5.41, 5.74) is 0. The predicted molar refractivity (Wildman–Crippen MR) is 65.3 cm³/mol. The van der Waals surface area contributed by atoms with Gasteiger partial charge in [-0.15, -0.1) is 0 Å². The van der Waals surface area contributed by atoms with E-state index >= 15 is 0 Å². The van der Waals surface area contributed by atoms with Crippen LogP contribution in [0.4, 0.5) is 0 Å². The first-order chi connectivity index (χ1) is 7.68. The molecule has 1 aromatic rings. The van der Waals surface area contributed by atoms with Crippen molar-refractivity contribution in [2.75, 3.05) is 19.6 Å². The Bertz CT molecular complexity index is 308. The van der Waals surface area contributed by atoms with Gasteiger partial charge in [0.1, 0.15) is 5.76 Å². The maximum atomic E-state index is 5.48. The number of rotatable bonds is 3. The minimum absolute atomic E-state index is 0.387. The first-order valence-corrected chi connectivity index (χ1v) is 6.19. The van der Waals surface area contributed by atoms with Crippen LogP contribution in [0.2, 0.25) is 0 Å². The van der Waals surface area contributed by atoms with Crippen molar-refractivity contribution < 1.29 is 4.42 Å². The van der Waals surface area contributed by atoms with Crippen molar-refractivity contribution in [3.05, 3.63) is 24.2 Å². The van der Waals surface area contributed by atoms with Gasteiger partial charge in [0.15, 0.2) is 0 Å². The van der Waals surface area contributed by atoms with Crippen molar-refractivity contribution in [3.8, 4) is 0 Å². The van der Waals surface area contributed by atoms with Crippen LogP contribution in [0, 0.1) is 5.92 Å². The fourth-order valence-corrected chi connectivity index (χ4v) is 2.31. The quantitative estimate of drug-likeness (QED) is 0.850. The summed E-state index contributed by atoms with van der Waals surface area (Å²) in [6.07, 6.45) is 1.76. The lowest BCUT2D eigenvalue weighted by Crippen LogP contribution is -2.53. The molecule has 2 rings (SSSR count). The molecule has 0 saturated carbocycles. The largest absolute Gasteiger partial charge is 0.468 e. The van der Waals surface area contributed by atoms with Crippen LogP contribution < -0.4 is 5.32 Å². The summed E-state index contributed by atoms with van der Waals surface area (Å²) in [6, 6.07) is 5.02. The molecule has 0 aromatic carbocycles. The number of nitrogens with one attached hydrogen (secondary N) is 1. The minimum Gasteiger partial charge on any atom is -0.468 e.